The molecule has 1 aliphatic rings. The zero-order valence-electron chi connectivity index (χ0n) is 13.3. The van der Waals surface area contributed by atoms with E-state index >= 15 is 0 Å². The number of nitrogens with one attached hydrogen (secondary N) is 1. The maximum Gasteiger partial charge on any atom is 0.322 e. The van der Waals surface area contributed by atoms with Crippen LogP contribution in [0.4, 0.5) is 16.2 Å². The first-order chi connectivity index (χ1) is 11.5. The number of non-ortho nitro benzene ring substituents is 1. The Bertz CT molecular complexity index is 760. The molecule has 7 nitrogen and oxygen atoms in total. The van der Waals surface area contributed by atoms with Gasteiger partial charge in [0.1, 0.15) is 0 Å². The Balaban J connectivity index is 1.73. The van der Waals surface area contributed by atoms with E-state index in [1.54, 1.807) is 30.3 Å². The fourth-order valence-electron chi connectivity index (χ4n) is 2.53. The zero-order chi connectivity index (χ0) is 17.1. The highest BCUT2D eigenvalue weighted by atomic mass is 16.6. The Morgan fingerprint density at radius 1 is 1.42 bits per heavy atom. The molecule has 1 heterocycles. The van der Waals surface area contributed by atoms with Gasteiger partial charge in [-0.3, -0.25) is 15.1 Å². The van der Waals surface area contributed by atoms with Crippen molar-refractivity contribution in [1.82, 2.24) is 9.88 Å². The topological polar surface area (TPSA) is 88.4 Å². The molecule has 0 saturated heterocycles. The van der Waals surface area contributed by atoms with Crippen LogP contribution in [0.3, 0.4) is 0 Å². The van der Waals surface area contributed by atoms with Gasteiger partial charge in [-0.25, -0.2) is 4.79 Å². The second-order valence-corrected chi connectivity index (χ2v) is 5.91. The number of nitrogens with zero attached hydrogens (tertiary/aromatic N) is 3. The third-order valence-electron chi connectivity index (χ3n) is 3.99. The van der Waals surface area contributed by atoms with Crippen LogP contribution in [0.2, 0.25) is 0 Å². The van der Waals surface area contributed by atoms with Crippen molar-refractivity contribution < 1.29 is 9.72 Å². The molecule has 2 aromatic rings. The molecule has 0 unspecified atom stereocenters. The first-order valence-corrected chi connectivity index (χ1v) is 7.76. The first-order valence-electron chi connectivity index (χ1n) is 7.76. The summed E-state index contributed by atoms with van der Waals surface area (Å²) < 4.78 is 0. The summed E-state index contributed by atoms with van der Waals surface area (Å²) in [5.41, 5.74) is 2.23. The van der Waals surface area contributed by atoms with Crippen molar-refractivity contribution in [3.8, 4) is 0 Å². The Morgan fingerprint density at radius 2 is 2.21 bits per heavy atom. The Morgan fingerprint density at radius 3 is 2.79 bits per heavy atom. The van der Waals surface area contributed by atoms with Gasteiger partial charge in [-0.2, -0.15) is 0 Å². The number of hydrogen-bond acceptors (Lipinski definition) is 4. The number of aromatic nitrogens is 1. The lowest BCUT2D eigenvalue weighted by molar-refractivity contribution is -0.384. The third kappa shape index (κ3) is 3.68. The van der Waals surface area contributed by atoms with E-state index in [9.17, 15) is 14.9 Å². The van der Waals surface area contributed by atoms with E-state index in [1.165, 1.54) is 12.1 Å². The highest BCUT2D eigenvalue weighted by molar-refractivity contribution is 5.90. The SMILES string of the molecule is Cc1cc([N+](=O)[O-])ccc1NC(=O)N(Cc1cccnc1)C1CC1. The summed E-state index contributed by atoms with van der Waals surface area (Å²) >= 11 is 0. The maximum absolute atomic E-state index is 12.6. The van der Waals surface area contributed by atoms with Gasteiger partial charge in [0.2, 0.25) is 0 Å². The molecule has 0 bridgehead atoms. The summed E-state index contributed by atoms with van der Waals surface area (Å²) in [6.07, 6.45) is 5.44. The van der Waals surface area contributed by atoms with Crippen LogP contribution in [0, 0.1) is 17.0 Å². The zero-order valence-corrected chi connectivity index (χ0v) is 13.3. The Hall–Kier alpha value is -2.96. The number of carbonyl (C=O) groups is 1. The molecule has 0 radical (unpaired) electrons. The van der Waals surface area contributed by atoms with E-state index in [1.807, 2.05) is 12.1 Å². The Labute approximate surface area is 139 Å². The van der Waals surface area contributed by atoms with Gasteiger partial charge in [-0.05, 0) is 43.0 Å². The number of rotatable bonds is 5. The summed E-state index contributed by atoms with van der Waals surface area (Å²) in [6, 6.07) is 8.25. The van der Waals surface area contributed by atoms with Crippen molar-refractivity contribution in [1.29, 1.82) is 0 Å². The molecule has 1 saturated carbocycles. The number of nitro groups is 1. The molecule has 0 aliphatic heterocycles. The van der Waals surface area contributed by atoms with E-state index in [0.717, 1.165) is 18.4 Å². The number of urea groups is 1. The van der Waals surface area contributed by atoms with Crippen LogP contribution in [-0.2, 0) is 6.54 Å². The lowest BCUT2D eigenvalue weighted by Crippen LogP contribution is -2.36. The number of pyridine rings is 1. The molecule has 1 N–H and O–H groups in total. The number of aryl methyl sites for hydroxylation is 1. The lowest BCUT2D eigenvalue weighted by atomic mass is 10.2. The molecule has 1 fully saturated rings. The number of benzene rings is 1. The van der Waals surface area contributed by atoms with Crippen LogP contribution >= 0.6 is 0 Å². The number of anilines is 1. The van der Waals surface area contributed by atoms with Crippen molar-refractivity contribution in [2.75, 3.05) is 5.32 Å². The molecular formula is C17H18N4O3. The van der Waals surface area contributed by atoms with Crippen LogP contribution in [0.15, 0.2) is 42.7 Å². The predicted octanol–water partition coefficient (Wildman–Crippen LogP) is 3.49. The van der Waals surface area contributed by atoms with Crippen molar-refractivity contribution in [3.63, 3.8) is 0 Å². The summed E-state index contributed by atoms with van der Waals surface area (Å²) in [5, 5.41) is 13.7. The number of carbonyl (C=O) groups excluding carboxylic acids is 1. The fourth-order valence-corrected chi connectivity index (χ4v) is 2.53. The van der Waals surface area contributed by atoms with Gasteiger partial charge >= 0.3 is 6.03 Å². The molecular weight excluding hydrogens is 308 g/mol. The molecule has 1 aromatic carbocycles. The smallest absolute Gasteiger partial charge is 0.317 e. The summed E-state index contributed by atoms with van der Waals surface area (Å²) in [6.45, 7) is 2.24. The van der Waals surface area contributed by atoms with Crippen LogP contribution < -0.4 is 5.32 Å². The van der Waals surface area contributed by atoms with Gasteiger partial charge in [0.05, 0.1) is 4.92 Å². The standard InChI is InChI=1S/C17H18N4O3/c1-12-9-15(21(23)24)6-7-16(12)19-17(22)20(14-4-5-14)11-13-3-2-8-18-10-13/h2-3,6-10,14H,4-5,11H2,1H3,(H,19,22). The fraction of sp³-hybridized carbons (Fsp3) is 0.294. The van der Waals surface area contributed by atoms with Gasteiger partial charge in [0.15, 0.2) is 0 Å². The third-order valence-corrected chi connectivity index (χ3v) is 3.99. The van der Waals surface area contributed by atoms with E-state index in [0.29, 0.717) is 17.8 Å². The van der Waals surface area contributed by atoms with E-state index < -0.39 is 4.92 Å². The van der Waals surface area contributed by atoms with Crippen molar-refractivity contribution in [2.45, 2.75) is 32.4 Å². The molecule has 1 aliphatic carbocycles. The van der Waals surface area contributed by atoms with Crippen LogP contribution in [-0.4, -0.2) is 26.9 Å². The average Bonchev–Trinajstić information content (AvgIpc) is 3.40. The highest BCUT2D eigenvalue weighted by Gasteiger charge is 2.32. The van der Waals surface area contributed by atoms with Gasteiger partial charge < -0.3 is 10.2 Å². The molecule has 0 atom stereocenters. The highest BCUT2D eigenvalue weighted by Crippen LogP contribution is 2.29. The van der Waals surface area contributed by atoms with Gasteiger partial charge in [-0.15, -0.1) is 0 Å². The predicted molar refractivity (Wildman–Crippen MR) is 89.7 cm³/mol. The molecule has 2 amide bonds. The summed E-state index contributed by atoms with van der Waals surface area (Å²) in [7, 11) is 0. The van der Waals surface area contributed by atoms with E-state index in [2.05, 4.69) is 10.3 Å². The van der Waals surface area contributed by atoms with Crippen molar-refractivity contribution in [2.24, 2.45) is 0 Å². The lowest BCUT2D eigenvalue weighted by Gasteiger charge is -2.23. The van der Waals surface area contributed by atoms with Gasteiger partial charge in [-0.1, -0.05) is 6.07 Å². The summed E-state index contributed by atoms with van der Waals surface area (Å²) in [5.74, 6) is 0. The number of nitro benzene ring substituents is 1. The minimum absolute atomic E-state index is 0.0138. The molecule has 124 valence electrons. The average molecular weight is 326 g/mol. The first kappa shape index (κ1) is 15.9. The monoisotopic (exact) mass is 326 g/mol. The number of amides is 2. The van der Waals surface area contributed by atoms with Crippen LogP contribution in [0.5, 0.6) is 0 Å². The molecule has 24 heavy (non-hydrogen) atoms. The maximum atomic E-state index is 12.6. The van der Waals surface area contributed by atoms with E-state index in [4.69, 9.17) is 0 Å². The molecule has 3 rings (SSSR count). The van der Waals surface area contributed by atoms with Gasteiger partial charge in [0, 0.05) is 42.8 Å². The number of hydrogen-bond donors (Lipinski definition) is 1. The van der Waals surface area contributed by atoms with Crippen molar-refractivity contribution in [3.05, 3.63) is 64.0 Å². The molecule has 0 spiro atoms. The molecule has 7 heteroatoms. The molecule has 1 aromatic heterocycles. The minimum atomic E-state index is -0.447. The quantitative estimate of drug-likeness (QED) is 0.673. The summed E-state index contributed by atoms with van der Waals surface area (Å²) in [4.78, 5) is 28.9. The largest absolute Gasteiger partial charge is 0.322 e. The second-order valence-electron chi connectivity index (χ2n) is 5.91. The second kappa shape index (κ2) is 6.66. The van der Waals surface area contributed by atoms with Crippen LogP contribution in [0.25, 0.3) is 0 Å². The van der Waals surface area contributed by atoms with E-state index in [-0.39, 0.29) is 17.8 Å². The Kier molecular flexibility index (Phi) is 4.41. The van der Waals surface area contributed by atoms with Gasteiger partial charge in [0.25, 0.3) is 5.69 Å². The normalized spacial score (nSPS) is 13.4. The van der Waals surface area contributed by atoms with Crippen molar-refractivity contribution >= 4 is 17.4 Å². The van der Waals surface area contributed by atoms with Crippen LogP contribution in [0.1, 0.15) is 24.0 Å². The minimum Gasteiger partial charge on any atom is -0.317 e.